The summed E-state index contributed by atoms with van der Waals surface area (Å²) < 4.78 is 21.5. The Morgan fingerprint density at radius 1 is 0.939 bits per heavy atom. The molecule has 0 radical (unpaired) electrons. The third-order valence-electron chi connectivity index (χ3n) is 5.07. The summed E-state index contributed by atoms with van der Waals surface area (Å²) in [6, 6.07) is 11.4. The van der Waals surface area contributed by atoms with Crippen LogP contribution >= 0.6 is 0 Å². The Labute approximate surface area is 197 Å². The van der Waals surface area contributed by atoms with Gasteiger partial charge in [-0.25, -0.2) is 5.43 Å². The maximum atomic E-state index is 12.1. The number of methoxy groups -OCH3 is 3. The third kappa shape index (κ3) is 7.70. The zero-order valence-corrected chi connectivity index (χ0v) is 20.9. The summed E-state index contributed by atoms with van der Waals surface area (Å²) in [6.07, 6.45) is 2.56. The van der Waals surface area contributed by atoms with Crippen LogP contribution in [0.5, 0.6) is 23.0 Å². The summed E-state index contributed by atoms with van der Waals surface area (Å²) in [5.74, 6) is 1.76. The van der Waals surface area contributed by atoms with E-state index in [1.165, 1.54) is 33.1 Å². The van der Waals surface area contributed by atoms with Crippen molar-refractivity contribution in [3.05, 3.63) is 47.5 Å². The van der Waals surface area contributed by atoms with Crippen LogP contribution in [0.25, 0.3) is 0 Å². The SMILES string of the molecule is COc1cc(C=NNC(=O)COc2ccc(C(C)(C)CC(C)(C)C)cc2)cc(OC)c1OC. The molecule has 2 rings (SSSR count). The van der Waals surface area contributed by atoms with E-state index >= 15 is 0 Å². The first kappa shape index (κ1) is 26.0. The lowest BCUT2D eigenvalue weighted by molar-refractivity contribution is -0.123. The molecule has 0 aliphatic carbocycles. The fourth-order valence-electron chi connectivity index (χ4n) is 3.97. The minimum atomic E-state index is -0.365. The molecule has 0 saturated carbocycles. The molecule has 1 N–H and O–H groups in total. The smallest absolute Gasteiger partial charge is 0.277 e. The second-order valence-electron chi connectivity index (χ2n) is 9.69. The molecule has 1 amide bonds. The molecule has 0 spiro atoms. The molecule has 2 aromatic rings. The Hall–Kier alpha value is -3.22. The largest absolute Gasteiger partial charge is 0.493 e. The van der Waals surface area contributed by atoms with Crippen LogP contribution in [0, 0.1) is 5.41 Å². The van der Waals surface area contributed by atoms with Crippen LogP contribution in [0.4, 0.5) is 0 Å². The van der Waals surface area contributed by atoms with Gasteiger partial charge < -0.3 is 18.9 Å². The molecule has 7 nitrogen and oxygen atoms in total. The van der Waals surface area contributed by atoms with Crippen LogP contribution in [0.2, 0.25) is 0 Å². The van der Waals surface area contributed by atoms with Crippen LogP contribution in [0.3, 0.4) is 0 Å². The molecule has 0 saturated heterocycles. The van der Waals surface area contributed by atoms with Crippen molar-refractivity contribution in [2.75, 3.05) is 27.9 Å². The van der Waals surface area contributed by atoms with Gasteiger partial charge in [0.25, 0.3) is 5.91 Å². The average Bonchev–Trinajstić information content (AvgIpc) is 2.75. The Kier molecular flexibility index (Phi) is 8.74. The number of ether oxygens (including phenoxy) is 4. The Morgan fingerprint density at radius 2 is 1.52 bits per heavy atom. The first-order valence-electron chi connectivity index (χ1n) is 10.8. The van der Waals surface area contributed by atoms with Crippen LogP contribution in [0.15, 0.2) is 41.5 Å². The molecule has 0 aliphatic heterocycles. The fourth-order valence-corrected chi connectivity index (χ4v) is 3.97. The van der Waals surface area contributed by atoms with Crippen molar-refractivity contribution < 1.29 is 23.7 Å². The molecule has 180 valence electrons. The predicted molar refractivity (Wildman–Crippen MR) is 131 cm³/mol. The maximum Gasteiger partial charge on any atom is 0.277 e. The van der Waals surface area contributed by atoms with Gasteiger partial charge >= 0.3 is 0 Å². The van der Waals surface area contributed by atoms with Crippen molar-refractivity contribution in [1.82, 2.24) is 5.43 Å². The van der Waals surface area contributed by atoms with E-state index in [0.29, 0.717) is 28.6 Å². The van der Waals surface area contributed by atoms with Crippen LogP contribution in [-0.2, 0) is 10.2 Å². The molecule has 0 aromatic heterocycles. The van der Waals surface area contributed by atoms with Crippen molar-refractivity contribution in [1.29, 1.82) is 0 Å². The fraction of sp³-hybridized carbons (Fsp3) is 0.462. The monoisotopic (exact) mass is 456 g/mol. The lowest BCUT2D eigenvalue weighted by Crippen LogP contribution is -2.25. The molecular formula is C26H36N2O5. The molecule has 0 aliphatic rings. The summed E-state index contributed by atoms with van der Waals surface area (Å²) in [4.78, 5) is 12.1. The number of nitrogens with one attached hydrogen (secondary N) is 1. The zero-order chi connectivity index (χ0) is 24.6. The first-order valence-corrected chi connectivity index (χ1v) is 10.8. The van der Waals surface area contributed by atoms with Gasteiger partial charge in [-0.3, -0.25) is 4.79 Å². The van der Waals surface area contributed by atoms with Gasteiger partial charge in [-0.2, -0.15) is 5.10 Å². The molecule has 0 unspecified atom stereocenters. The summed E-state index contributed by atoms with van der Waals surface area (Å²) in [5, 5.41) is 3.98. The van der Waals surface area contributed by atoms with E-state index < -0.39 is 0 Å². The molecule has 0 fully saturated rings. The third-order valence-corrected chi connectivity index (χ3v) is 5.07. The molecule has 0 bridgehead atoms. The van der Waals surface area contributed by atoms with Crippen molar-refractivity contribution in [2.45, 2.75) is 46.5 Å². The Morgan fingerprint density at radius 3 is 2.00 bits per heavy atom. The molecule has 33 heavy (non-hydrogen) atoms. The van der Waals surface area contributed by atoms with Gasteiger partial charge in [-0.1, -0.05) is 46.8 Å². The minimum absolute atomic E-state index is 0.0513. The number of amides is 1. The Bertz CT molecular complexity index is 935. The second kappa shape index (κ2) is 11.1. The van der Waals surface area contributed by atoms with Crippen molar-refractivity contribution in [3.63, 3.8) is 0 Å². The van der Waals surface area contributed by atoms with Gasteiger partial charge in [0.2, 0.25) is 5.75 Å². The molecular weight excluding hydrogens is 420 g/mol. The van der Waals surface area contributed by atoms with Gasteiger partial charge in [0.15, 0.2) is 18.1 Å². The lowest BCUT2D eigenvalue weighted by atomic mass is 9.72. The number of benzene rings is 2. The van der Waals surface area contributed by atoms with Gasteiger partial charge in [-0.15, -0.1) is 0 Å². The molecule has 0 atom stereocenters. The van der Waals surface area contributed by atoms with E-state index in [9.17, 15) is 4.79 Å². The van der Waals surface area contributed by atoms with Crippen LogP contribution in [-0.4, -0.2) is 40.1 Å². The van der Waals surface area contributed by atoms with E-state index in [1.54, 1.807) is 12.1 Å². The zero-order valence-electron chi connectivity index (χ0n) is 20.9. The number of carbonyl (C=O) groups excluding carboxylic acids is 1. The summed E-state index contributed by atoms with van der Waals surface area (Å²) in [7, 11) is 4.61. The van der Waals surface area contributed by atoms with Gasteiger partial charge in [-0.05, 0) is 47.1 Å². The molecule has 2 aromatic carbocycles. The Balaban J connectivity index is 1.93. The predicted octanol–water partition coefficient (Wildman–Crippen LogP) is 4.96. The van der Waals surface area contributed by atoms with E-state index in [2.05, 4.69) is 57.3 Å². The number of hydrogen-bond donors (Lipinski definition) is 1. The lowest BCUT2D eigenvalue weighted by Gasteiger charge is -2.33. The highest BCUT2D eigenvalue weighted by molar-refractivity contribution is 5.84. The second-order valence-corrected chi connectivity index (χ2v) is 9.69. The highest BCUT2D eigenvalue weighted by Gasteiger charge is 2.27. The summed E-state index contributed by atoms with van der Waals surface area (Å²) in [5.41, 5.74) is 4.67. The van der Waals surface area contributed by atoms with E-state index in [4.69, 9.17) is 18.9 Å². The topological polar surface area (TPSA) is 78.4 Å². The average molecular weight is 457 g/mol. The number of hydrazone groups is 1. The normalized spacial score (nSPS) is 11.9. The van der Waals surface area contributed by atoms with E-state index in [1.807, 2.05) is 12.1 Å². The van der Waals surface area contributed by atoms with Crippen molar-refractivity contribution in [3.8, 4) is 23.0 Å². The van der Waals surface area contributed by atoms with Crippen molar-refractivity contribution >= 4 is 12.1 Å². The summed E-state index contributed by atoms with van der Waals surface area (Å²) >= 11 is 0. The van der Waals surface area contributed by atoms with Crippen LogP contribution in [0.1, 0.15) is 52.2 Å². The first-order chi connectivity index (χ1) is 15.5. The highest BCUT2D eigenvalue weighted by atomic mass is 16.5. The van der Waals surface area contributed by atoms with E-state index in [-0.39, 0.29) is 23.3 Å². The number of hydrogen-bond acceptors (Lipinski definition) is 6. The quantitative estimate of drug-likeness (QED) is 0.404. The molecule has 7 heteroatoms. The minimum Gasteiger partial charge on any atom is -0.493 e. The number of nitrogens with zero attached hydrogens (tertiary/aromatic N) is 1. The number of rotatable bonds is 10. The van der Waals surface area contributed by atoms with Gasteiger partial charge in [0.1, 0.15) is 5.75 Å². The standard InChI is InChI=1S/C26H36N2O5/c1-25(2,3)17-26(4,5)19-9-11-20(12-10-19)33-16-23(29)28-27-15-18-13-21(30-6)24(32-8)22(14-18)31-7/h9-15H,16-17H2,1-8H3,(H,28,29). The van der Waals surface area contributed by atoms with Gasteiger partial charge in [0, 0.05) is 5.56 Å². The van der Waals surface area contributed by atoms with Gasteiger partial charge in [0.05, 0.1) is 27.5 Å². The maximum absolute atomic E-state index is 12.1. The summed E-state index contributed by atoms with van der Waals surface area (Å²) in [6.45, 7) is 11.1. The van der Waals surface area contributed by atoms with Crippen LogP contribution < -0.4 is 24.4 Å². The molecule has 0 heterocycles. The number of carbonyl (C=O) groups is 1. The van der Waals surface area contributed by atoms with E-state index in [0.717, 1.165) is 6.42 Å². The highest BCUT2D eigenvalue weighted by Crippen LogP contribution is 2.38. The van der Waals surface area contributed by atoms with Crippen molar-refractivity contribution in [2.24, 2.45) is 10.5 Å².